The molecule has 0 atom stereocenters. The van der Waals surface area contributed by atoms with Crippen molar-refractivity contribution in [1.29, 1.82) is 0 Å². The Balaban J connectivity index is 2.27. The number of hydrogen-bond donors (Lipinski definition) is 1. The third-order valence-corrected chi connectivity index (χ3v) is 4.03. The summed E-state index contributed by atoms with van der Waals surface area (Å²) in [6.45, 7) is 2.05. The third kappa shape index (κ3) is 2.88. The quantitative estimate of drug-likeness (QED) is 0.747. The maximum absolute atomic E-state index is 12.3. The molecule has 2 nitrogen and oxygen atoms in total. The molecule has 0 saturated carbocycles. The Hall–Kier alpha value is -2.87. The zero-order chi connectivity index (χ0) is 16.2. The summed E-state index contributed by atoms with van der Waals surface area (Å²) in [7, 11) is 1.66. The summed E-state index contributed by atoms with van der Waals surface area (Å²) in [6, 6.07) is 24.3. The maximum Gasteiger partial charge on any atom is 0.251 e. The van der Waals surface area contributed by atoms with Crippen LogP contribution in [0.2, 0.25) is 0 Å². The number of benzene rings is 3. The monoisotopic (exact) mass is 301 g/mol. The van der Waals surface area contributed by atoms with Gasteiger partial charge in [-0.15, -0.1) is 0 Å². The molecule has 0 aliphatic carbocycles. The third-order valence-electron chi connectivity index (χ3n) is 4.03. The molecule has 3 aromatic carbocycles. The van der Waals surface area contributed by atoms with E-state index < -0.39 is 0 Å². The first-order valence-electron chi connectivity index (χ1n) is 7.69. The number of carbonyl (C=O) groups excluding carboxylic acids is 1. The van der Waals surface area contributed by atoms with Gasteiger partial charge in [0.05, 0.1) is 0 Å². The summed E-state index contributed by atoms with van der Waals surface area (Å²) in [5.74, 6) is -0.0634. The van der Waals surface area contributed by atoms with Gasteiger partial charge < -0.3 is 5.32 Å². The normalized spacial score (nSPS) is 10.3. The Morgan fingerprint density at radius 3 is 2.13 bits per heavy atom. The molecule has 114 valence electrons. The van der Waals surface area contributed by atoms with Crippen molar-refractivity contribution in [3.05, 3.63) is 83.9 Å². The minimum Gasteiger partial charge on any atom is -0.355 e. The van der Waals surface area contributed by atoms with E-state index >= 15 is 0 Å². The molecule has 0 aliphatic heterocycles. The lowest BCUT2D eigenvalue weighted by Gasteiger charge is -2.16. The fourth-order valence-electron chi connectivity index (χ4n) is 2.92. The van der Waals surface area contributed by atoms with E-state index in [2.05, 4.69) is 29.6 Å². The maximum atomic E-state index is 12.3. The van der Waals surface area contributed by atoms with Crippen LogP contribution in [0.15, 0.2) is 72.8 Å². The number of amides is 1. The zero-order valence-corrected chi connectivity index (χ0v) is 13.3. The van der Waals surface area contributed by atoms with E-state index in [0.717, 1.165) is 27.8 Å². The van der Waals surface area contributed by atoms with Crippen LogP contribution in [-0.2, 0) is 0 Å². The minimum atomic E-state index is -0.0634. The van der Waals surface area contributed by atoms with Crippen molar-refractivity contribution in [1.82, 2.24) is 5.32 Å². The number of carbonyl (C=O) groups is 1. The van der Waals surface area contributed by atoms with Gasteiger partial charge in [0.25, 0.3) is 5.91 Å². The van der Waals surface area contributed by atoms with Gasteiger partial charge in [0.2, 0.25) is 0 Å². The highest BCUT2D eigenvalue weighted by molar-refractivity contribution is 6.03. The molecule has 0 aliphatic rings. The first-order valence-corrected chi connectivity index (χ1v) is 7.69. The molecule has 2 heteroatoms. The Morgan fingerprint density at radius 1 is 0.783 bits per heavy atom. The van der Waals surface area contributed by atoms with Gasteiger partial charge in [0, 0.05) is 12.6 Å². The Labute approximate surface area is 136 Å². The first-order chi connectivity index (χ1) is 11.2. The number of rotatable bonds is 3. The SMILES string of the molecule is CNC(=O)c1cccc(C)c1-c1ccccc1-c1ccccc1. The average molecular weight is 301 g/mol. The van der Waals surface area contributed by atoms with Crippen molar-refractivity contribution in [2.45, 2.75) is 6.92 Å². The van der Waals surface area contributed by atoms with Crippen LogP contribution >= 0.6 is 0 Å². The van der Waals surface area contributed by atoms with Gasteiger partial charge >= 0.3 is 0 Å². The predicted octanol–water partition coefficient (Wildman–Crippen LogP) is 4.69. The van der Waals surface area contributed by atoms with E-state index in [1.807, 2.05) is 55.5 Å². The molecule has 1 N–H and O–H groups in total. The molecule has 3 aromatic rings. The summed E-state index contributed by atoms with van der Waals surface area (Å²) in [5, 5.41) is 2.74. The topological polar surface area (TPSA) is 29.1 Å². The van der Waals surface area contributed by atoms with Crippen LogP contribution in [0.4, 0.5) is 0 Å². The fraction of sp³-hybridized carbons (Fsp3) is 0.0952. The molecule has 1 amide bonds. The standard InChI is InChI=1S/C21H19NO/c1-15-9-8-14-19(21(23)22-2)20(15)18-13-7-6-12-17(18)16-10-4-3-5-11-16/h3-14H,1-2H3,(H,22,23). The van der Waals surface area contributed by atoms with Crippen LogP contribution in [-0.4, -0.2) is 13.0 Å². The molecule has 23 heavy (non-hydrogen) atoms. The fourth-order valence-corrected chi connectivity index (χ4v) is 2.92. The number of nitrogens with one attached hydrogen (secondary N) is 1. The predicted molar refractivity (Wildman–Crippen MR) is 95.4 cm³/mol. The van der Waals surface area contributed by atoms with Gasteiger partial charge in [0.1, 0.15) is 0 Å². The summed E-state index contributed by atoms with van der Waals surface area (Å²) in [5.41, 5.74) is 6.15. The Morgan fingerprint density at radius 2 is 1.43 bits per heavy atom. The van der Waals surface area contributed by atoms with Crippen molar-refractivity contribution in [2.75, 3.05) is 7.05 Å². The van der Waals surface area contributed by atoms with E-state index in [-0.39, 0.29) is 5.91 Å². The molecule has 3 rings (SSSR count). The van der Waals surface area contributed by atoms with Crippen molar-refractivity contribution in [3.8, 4) is 22.3 Å². The van der Waals surface area contributed by atoms with Gasteiger partial charge in [-0.3, -0.25) is 4.79 Å². The molecule has 0 bridgehead atoms. The van der Waals surface area contributed by atoms with Crippen LogP contribution in [0, 0.1) is 6.92 Å². The largest absolute Gasteiger partial charge is 0.355 e. The summed E-state index contributed by atoms with van der Waals surface area (Å²) >= 11 is 0. The van der Waals surface area contributed by atoms with E-state index in [1.54, 1.807) is 7.05 Å². The number of hydrogen-bond acceptors (Lipinski definition) is 1. The highest BCUT2D eigenvalue weighted by atomic mass is 16.1. The summed E-state index contributed by atoms with van der Waals surface area (Å²) < 4.78 is 0. The highest BCUT2D eigenvalue weighted by Crippen LogP contribution is 2.35. The van der Waals surface area contributed by atoms with Gasteiger partial charge in [0.15, 0.2) is 0 Å². The molecule has 0 heterocycles. The van der Waals surface area contributed by atoms with Crippen LogP contribution in [0.25, 0.3) is 22.3 Å². The van der Waals surface area contributed by atoms with Crippen LogP contribution in [0.5, 0.6) is 0 Å². The van der Waals surface area contributed by atoms with Crippen molar-refractivity contribution in [2.24, 2.45) is 0 Å². The Kier molecular flexibility index (Phi) is 4.24. The van der Waals surface area contributed by atoms with E-state index in [9.17, 15) is 4.79 Å². The lowest BCUT2D eigenvalue weighted by Crippen LogP contribution is -2.19. The minimum absolute atomic E-state index is 0.0634. The second kappa shape index (κ2) is 6.49. The molecule has 0 spiro atoms. The van der Waals surface area contributed by atoms with E-state index in [4.69, 9.17) is 0 Å². The zero-order valence-electron chi connectivity index (χ0n) is 13.3. The summed E-state index contributed by atoms with van der Waals surface area (Å²) in [6.07, 6.45) is 0. The molecule has 0 fully saturated rings. The van der Waals surface area contributed by atoms with Gasteiger partial charge in [-0.2, -0.15) is 0 Å². The molecule has 0 unspecified atom stereocenters. The van der Waals surface area contributed by atoms with Crippen molar-refractivity contribution in [3.63, 3.8) is 0 Å². The van der Waals surface area contributed by atoms with Gasteiger partial charge in [-0.25, -0.2) is 0 Å². The lowest BCUT2D eigenvalue weighted by atomic mass is 9.89. The second-order valence-corrected chi connectivity index (χ2v) is 5.49. The molecule has 0 aromatic heterocycles. The lowest BCUT2D eigenvalue weighted by molar-refractivity contribution is 0.0963. The Bertz CT molecular complexity index is 837. The van der Waals surface area contributed by atoms with Crippen LogP contribution in [0.3, 0.4) is 0 Å². The van der Waals surface area contributed by atoms with Crippen molar-refractivity contribution >= 4 is 5.91 Å². The first kappa shape index (κ1) is 15.0. The average Bonchev–Trinajstić information content (AvgIpc) is 2.61. The van der Waals surface area contributed by atoms with E-state index in [1.165, 1.54) is 0 Å². The molecule has 0 saturated heterocycles. The molecule has 0 radical (unpaired) electrons. The molecular weight excluding hydrogens is 282 g/mol. The molecular formula is C21H19NO. The van der Waals surface area contributed by atoms with Crippen LogP contribution < -0.4 is 5.32 Å². The van der Waals surface area contributed by atoms with E-state index in [0.29, 0.717) is 5.56 Å². The highest BCUT2D eigenvalue weighted by Gasteiger charge is 2.16. The van der Waals surface area contributed by atoms with Crippen molar-refractivity contribution < 1.29 is 4.79 Å². The number of aryl methyl sites for hydroxylation is 1. The van der Waals surface area contributed by atoms with Gasteiger partial charge in [-0.05, 0) is 40.8 Å². The summed E-state index contributed by atoms with van der Waals surface area (Å²) in [4.78, 5) is 12.3. The smallest absolute Gasteiger partial charge is 0.251 e. The van der Waals surface area contributed by atoms with Gasteiger partial charge in [-0.1, -0.05) is 66.7 Å². The second-order valence-electron chi connectivity index (χ2n) is 5.49. The van der Waals surface area contributed by atoms with Crippen LogP contribution in [0.1, 0.15) is 15.9 Å².